The molecule has 1 rings (SSSR count). The third-order valence-electron chi connectivity index (χ3n) is 3.17. The first-order chi connectivity index (χ1) is 8.66. The Balaban J connectivity index is 2.84. The van der Waals surface area contributed by atoms with Gasteiger partial charge in [-0.2, -0.15) is 0 Å². The van der Waals surface area contributed by atoms with Crippen LogP contribution in [0.5, 0.6) is 0 Å². The molecule has 0 aromatic carbocycles. The summed E-state index contributed by atoms with van der Waals surface area (Å²) in [5.74, 6) is -0.405. The number of nitrogens with zero attached hydrogens (tertiary/aromatic N) is 2. The second kappa shape index (κ2) is 5.40. The van der Waals surface area contributed by atoms with Crippen molar-refractivity contribution in [2.75, 3.05) is 6.54 Å². The van der Waals surface area contributed by atoms with E-state index in [1.807, 2.05) is 0 Å². The van der Waals surface area contributed by atoms with E-state index in [2.05, 4.69) is 5.32 Å². The zero-order chi connectivity index (χ0) is 14.8. The zero-order valence-corrected chi connectivity index (χ0v) is 11.7. The van der Waals surface area contributed by atoms with Crippen LogP contribution in [0.25, 0.3) is 0 Å². The van der Waals surface area contributed by atoms with E-state index in [-0.39, 0.29) is 11.2 Å². The van der Waals surface area contributed by atoms with Crippen molar-refractivity contribution >= 4 is 5.91 Å². The van der Waals surface area contributed by atoms with Crippen molar-refractivity contribution in [1.82, 2.24) is 14.5 Å². The van der Waals surface area contributed by atoms with Crippen LogP contribution in [0.3, 0.4) is 0 Å². The molecule has 0 saturated carbocycles. The van der Waals surface area contributed by atoms with Gasteiger partial charge in [-0.25, -0.2) is 4.79 Å². The average Bonchev–Trinajstić information content (AvgIpc) is 2.32. The predicted molar refractivity (Wildman–Crippen MR) is 71.6 cm³/mol. The summed E-state index contributed by atoms with van der Waals surface area (Å²) in [6.07, 6.45) is 0. The Morgan fingerprint density at radius 3 is 2.42 bits per heavy atom. The SMILES string of the molecule is Cn1c(CNCC(C)(C)C(N)=O)cc(=O)n(C)c1=O. The molecular formula is C12H20N4O3. The van der Waals surface area contributed by atoms with Crippen LogP contribution in [0.15, 0.2) is 15.7 Å². The number of carbonyl (C=O) groups excluding carboxylic acids is 1. The van der Waals surface area contributed by atoms with Gasteiger partial charge in [-0.3, -0.25) is 18.7 Å². The van der Waals surface area contributed by atoms with Crippen molar-refractivity contribution in [3.8, 4) is 0 Å². The first kappa shape index (κ1) is 15.2. The molecule has 0 unspecified atom stereocenters. The number of rotatable bonds is 5. The Labute approximate surface area is 111 Å². The van der Waals surface area contributed by atoms with Gasteiger partial charge in [-0.05, 0) is 13.8 Å². The zero-order valence-electron chi connectivity index (χ0n) is 11.7. The molecule has 1 amide bonds. The summed E-state index contributed by atoms with van der Waals surface area (Å²) in [4.78, 5) is 34.4. The minimum absolute atomic E-state index is 0.318. The Kier molecular flexibility index (Phi) is 4.31. The summed E-state index contributed by atoms with van der Waals surface area (Å²) in [5.41, 5.74) is 4.41. The Morgan fingerprint density at radius 2 is 1.89 bits per heavy atom. The molecule has 0 aliphatic rings. The molecule has 1 heterocycles. The fourth-order valence-electron chi connectivity index (χ4n) is 1.54. The van der Waals surface area contributed by atoms with E-state index < -0.39 is 11.3 Å². The van der Waals surface area contributed by atoms with Crippen LogP contribution < -0.4 is 22.3 Å². The predicted octanol–water partition coefficient (Wildman–Crippen LogP) is -1.31. The summed E-state index contributed by atoms with van der Waals surface area (Å²) in [6, 6.07) is 1.39. The molecule has 0 aliphatic carbocycles. The Morgan fingerprint density at radius 1 is 1.32 bits per heavy atom. The smallest absolute Gasteiger partial charge is 0.330 e. The van der Waals surface area contributed by atoms with Crippen LogP contribution in [0.2, 0.25) is 0 Å². The minimum Gasteiger partial charge on any atom is -0.369 e. The molecule has 7 nitrogen and oxygen atoms in total. The number of hydrogen-bond donors (Lipinski definition) is 2. The van der Waals surface area contributed by atoms with Gasteiger partial charge in [0.25, 0.3) is 5.56 Å². The number of amides is 1. The average molecular weight is 268 g/mol. The normalized spacial score (nSPS) is 11.6. The van der Waals surface area contributed by atoms with Gasteiger partial charge < -0.3 is 11.1 Å². The highest BCUT2D eigenvalue weighted by atomic mass is 16.2. The van der Waals surface area contributed by atoms with Crippen LogP contribution in [0, 0.1) is 5.41 Å². The van der Waals surface area contributed by atoms with E-state index in [1.54, 1.807) is 20.9 Å². The van der Waals surface area contributed by atoms with Crippen molar-refractivity contribution in [3.63, 3.8) is 0 Å². The molecule has 0 spiro atoms. The molecule has 0 fully saturated rings. The maximum Gasteiger partial charge on any atom is 0.330 e. The second-order valence-corrected chi connectivity index (χ2v) is 5.23. The molecular weight excluding hydrogens is 248 g/mol. The highest BCUT2D eigenvalue weighted by Crippen LogP contribution is 2.11. The first-order valence-electron chi connectivity index (χ1n) is 5.93. The first-order valence-corrected chi connectivity index (χ1v) is 5.93. The third kappa shape index (κ3) is 3.31. The second-order valence-electron chi connectivity index (χ2n) is 5.23. The van der Waals surface area contributed by atoms with Crippen LogP contribution in [-0.4, -0.2) is 21.6 Å². The lowest BCUT2D eigenvalue weighted by Gasteiger charge is -2.21. The van der Waals surface area contributed by atoms with E-state index in [9.17, 15) is 14.4 Å². The van der Waals surface area contributed by atoms with Crippen LogP contribution in [-0.2, 0) is 25.4 Å². The van der Waals surface area contributed by atoms with Gasteiger partial charge in [0.2, 0.25) is 5.91 Å². The fourth-order valence-corrected chi connectivity index (χ4v) is 1.54. The number of primary amides is 1. The minimum atomic E-state index is -0.682. The monoisotopic (exact) mass is 268 g/mol. The highest BCUT2D eigenvalue weighted by Gasteiger charge is 2.24. The summed E-state index contributed by atoms with van der Waals surface area (Å²) in [6.45, 7) is 4.14. The number of aromatic nitrogens is 2. The van der Waals surface area contributed by atoms with Crippen LogP contribution in [0.1, 0.15) is 19.5 Å². The van der Waals surface area contributed by atoms with E-state index in [0.717, 1.165) is 4.57 Å². The van der Waals surface area contributed by atoms with Crippen molar-refractivity contribution in [1.29, 1.82) is 0 Å². The molecule has 3 N–H and O–H groups in total. The van der Waals surface area contributed by atoms with E-state index >= 15 is 0 Å². The van der Waals surface area contributed by atoms with E-state index in [1.165, 1.54) is 17.7 Å². The third-order valence-corrected chi connectivity index (χ3v) is 3.17. The van der Waals surface area contributed by atoms with Gasteiger partial charge in [0, 0.05) is 38.9 Å². The van der Waals surface area contributed by atoms with Gasteiger partial charge in [-0.1, -0.05) is 0 Å². The van der Waals surface area contributed by atoms with Crippen LogP contribution >= 0.6 is 0 Å². The lowest BCUT2D eigenvalue weighted by atomic mass is 9.93. The van der Waals surface area contributed by atoms with Gasteiger partial charge in [0.05, 0.1) is 5.41 Å². The van der Waals surface area contributed by atoms with Crippen LogP contribution in [0.4, 0.5) is 0 Å². The summed E-state index contributed by atoms with van der Waals surface area (Å²) < 4.78 is 2.43. The number of hydrogen-bond acceptors (Lipinski definition) is 4. The van der Waals surface area contributed by atoms with Gasteiger partial charge in [0.1, 0.15) is 0 Å². The van der Waals surface area contributed by atoms with Crippen molar-refractivity contribution in [3.05, 3.63) is 32.6 Å². The van der Waals surface area contributed by atoms with Gasteiger partial charge in [0.15, 0.2) is 0 Å². The lowest BCUT2D eigenvalue weighted by Crippen LogP contribution is -2.42. The maximum absolute atomic E-state index is 11.7. The molecule has 0 atom stereocenters. The molecule has 19 heavy (non-hydrogen) atoms. The van der Waals surface area contributed by atoms with Crippen molar-refractivity contribution in [2.24, 2.45) is 25.2 Å². The number of nitrogens with one attached hydrogen (secondary N) is 1. The molecule has 106 valence electrons. The Hall–Kier alpha value is -1.89. The van der Waals surface area contributed by atoms with E-state index in [4.69, 9.17) is 5.73 Å². The molecule has 0 bridgehead atoms. The molecule has 1 aromatic heterocycles. The Bertz CT molecular complexity index is 598. The van der Waals surface area contributed by atoms with Gasteiger partial charge in [-0.15, -0.1) is 0 Å². The molecule has 7 heteroatoms. The fraction of sp³-hybridized carbons (Fsp3) is 0.583. The standard InChI is InChI=1S/C12H20N4O3/c1-12(2,10(13)18)7-14-6-8-5-9(17)16(4)11(19)15(8)3/h5,14H,6-7H2,1-4H3,(H2,13,18). The summed E-state index contributed by atoms with van der Waals surface area (Å²) in [5, 5.41) is 3.03. The molecule has 0 radical (unpaired) electrons. The molecule has 1 aromatic rings. The maximum atomic E-state index is 11.7. The van der Waals surface area contributed by atoms with Crippen molar-refractivity contribution in [2.45, 2.75) is 20.4 Å². The largest absolute Gasteiger partial charge is 0.369 e. The van der Waals surface area contributed by atoms with Gasteiger partial charge >= 0.3 is 5.69 Å². The lowest BCUT2D eigenvalue weighted by molar-refractivity contribution is -0.125. The number of carbonyl (C=O) groups is 1. The summed E-state index contributed by atoms with van der Waals surface area (Å²) in [7, 11) is 3.02. The molecule has 0 aliphatic heterocycles. The quantitative estimate of drug-likeness (QED) is 0.692. The molecule has 0 saturated heterocycles. The van der Waals surface area contributed by atoms with Crippen molar-refractivity contribution < 1.29 is 4.79 Å². The highest BCUT2D eigenvalue weighted by molar-refractivity contribution is 5.80. The topological polar surface area (TPSA) is 99.1 Å². The number of nitrogens with two attached hydrogens (primary N) is 1. The van der Waals surface area contributed by atoms with E-state index in [0.29, 0.717) is 18.8 Å². The summed E-state index contributed by atoms with van der Waals surface area (Å²) >= 11 is 0.